The maximum absolute atomic E-state index is 13.9. The number of halogens is 6. The zero-order valence-corrected chi connectivity index (χ0v) is 60.8. The average molecular weight is 1490 g/mol. The van der Waals surface area contributed by atoms with Crippen LogP contribution in [0.1, 0.15) is 132 Å². The lowest BCUT2D eigenvalue weighted by Gasteiger charge is -2.26. The van der Waals surface area contributed by atoms with Gasteiger partial charge in [0, 0.05) is 217 Å². The van der Waals surface area contributed by atoms with Gasteiger partial charge in [0.25, 0.3) is 0 Å². The molecular formula is C88H80F6N10O6. The Morgan fingerprint density at radius 1 is 0.473 bits per heavy atom. The maximum atomic E-state index is 13.9. The second-order valence-electron chi connectivity index (χ2n) is 28.9. The van der Waals surface area contributed by atoms with Crippen LogP contribution in [0, 0.1) is 17.5 Å². The fraction of sp³-hybridized carbons (Fsp3) is 0.307. The van der Waals surface area contributed by atoms with E-state index in [2.05, 4.69) is 87.2 Å². The molecule has 6 aromatic carbocycles. The summed E-state index contributed by atoms with van der Waals surface area (Å²) in [6.45, 7) is 7.81. The Labute approximate surface area is 631 Å². The lowest BCUT2D eigenvalue weighted by Crippen LogP contribution is -2.24. The predicted molar refractivity (Wildman–Crippen MR) is 415 cm³/mol. The number of hydrogen-bond acceptors (Lipinski definition) is 12. The monoisotopic (exact) mass is 1490 g/mol. The molecule has 0 N–H and O–H groups in total. The fourth-order valence-electron chi connectivity index (χ4n) is 16.7. The molecule has 110 heavy (non-hydrogen) atoms. The Morgan fingerprint density at radius 3 is 1.22 bits per heavy atom. The molecule has 0 bridgehead atoms. The molecule has 0 spiro atoms. The van der Waals surface area contributed by atoms with E-state index in [9.17, 15) is 31.1 Å². The van der Waals surface area contributed by atoms with Gasteiger partial charge in [-0.15, -0.1) is 0 Å². The number of carbonyl (C=O) groups excluding carboxylic acids is 1. The molecule has 19 rings (SSSR count). The lowest BCUT2D eigenvalue weighted by molar-refractivity contribution is -0.134. The summed E-state index contributed by atoms with van der Waals surface area (Å²) in [5.74, 6) is 1.37. The van der Waals surface area contributed by atoms with Crippen molar-refractivity contribution in [2.45, 2.75) is 108 Å². The predicted octanol–water partition coefficient (Wildman–Crippen LogP) is 18.6. The largest absolute Gasteiger partial charge is 0.475 e. The molecular weight excluding hydrogens is 1410 g/mol. The highest BCUT2D eigenvalue weighted by Gasteiger charge is 2.35. The molecule has 7 aliphatic heterocycles. The van der Waals surface area contributed by atoms with Crippen LogP contribution in [-0.4, -0.2) is 126 Å². The summed E-state index contributed by atoms with van der Waals surface area (Å²) in [7, 11) is 1.65. The number of hydrogen-bond donors (Lipinski definition) is 0. The quantitative estimate of drug-likeness (QED) is 0.0678. The zero-order chi connectivity index (χ0) is 75.0. The number of aryl methyl sites for hydroxylation is 1. The molecule has 0 aliphatic carbocycles. The Balaban J connectivity index is 0.000000120. The van der Waals surface area contributed by atoms with Gasteiger partial charge in [-0.1, -0.05) is 6.07 Å². The summed E-state index contributed by atoms with van der Waals surface area (Å²) < 4.78 is 115. The number of carbonyl (C=O) groups is 1. The topological polar surface area (TPSA) is 157 Å². The molecule has 0 radical (unpaired) electrons. The highest BCUT2D eigenvalue weighted by Crippen LogP contribution is 2.49. The molecule has 12 aromatic rings. The molecule has 4 saturated heterocycles. The molecule has 22 heteroatoms. The van der Waals surface area contributed by atoms with Gasteiger partial charge in [-0.2, -0.15) is 13.2 Å². The first-order valence-electron chi connectivity index (χ1n) is 37.8. The first-order valence-corrected chi connectivity index (χ1v) is 37.8. The smallest absolute Gasteiger partial charge is 0.389 e. The van der Waals surface area contributed by atoms with Gasteiger partial charge in [0.15, 0.2) is 0 Å². The number of pyridine rings is 3. The van der Waals surface area contributed by atoms with Crippen LogP contribution < -0.4 is 9.64 Å². The molecule has 1 amide bonds. The summed E-state index contributed by atoms with van der Waals surface area (Å²) in [5, 5.41) is 3.32. The van der Waals surface area contributed by atoms with Gasteiger partial charge in [-0.3, -0.25) is 29.7 Å². The molecule has 0 saturated carbocycles. The zero-order valence-electron chi connectivity index (χ0n) is 60.8. The van der Waals surface area contributed by atoms with Crippen molar-refractivity contribution in [1.82, 2.24) is 28.7 Å². The number of amides is 1. The highest BCUT2D eigenvalue weighted by atomic mass is 19.4. The number of methoxy groups -OCH3 is 1. The second-order valence-corrected chi connectivity index (χ2v) is 28.9. The SMILES string of the molecule is COCCOc1ccc(-c2c(C3CCOCC3)n(-c3ccc(F)cc3)c3cc4c(cc23)CN=C4)cn1.Fc1ccc(-n2c(C3CCOCC3)c(-c3ccc(CCC(F)(F)F)nc3)c3cc4c(cc32)C=NC4)cc1.O=C1CCCN1c1ccc(-c2c(C3CCOCC3)n(-c3ccc(F)cc3)c3cc4c(cc23)CN=C4)cn1. The van der Waals surface area contributed by atoms with E-state index in [1.807, 2.05) is 73.5 Å². The average Bonchev–Trinajstić information content (AvgIpc) is 1.58. The first-order chi connectivity index (χ1) is 53.8. The number of rotatable bonds is 16. The van der Waals surface area contributed by atoms with Crippen molar-refractivity contribution < 1.29 is 54.8 Å². The molecule has 0 unspecified atom stereocenters. The minimum Gasteiger partial charge on any atom is -0.475 e. The number of ether oxygens (including phenoxy) is 5. The van der Waals surface area contributed by atoms with E-state index in [0.29, 0.717) is 95.6 Å². The third kappa shape index (κ3) is 14.6. The van der Waals surface area contributed by atoms with Crippen LogP contribution in [0.3, 0.4) is 0 Å². The van der Waals surface area contributed by atoms with Crippen LogP contribution in [0.4, 0.5) is 32.2 Å². The van der Waals surface area contributed by atoms with Crippen molar-refractivity contribution in [2.75, 3.05) is 71.4 Å². The van der Waals surface area contributed by atoms with Crippen LogP contribution in [-0.2, 0) is 49.8 Å². The van der Waals surface area contributed by atoms with Crippen molar-refractivity contribution in [1.29, 1.82) is 0 Å². The third-order valence-electron chi connectivity index (χ3n) is 22.1. The van der Waals surface area contributed by atoms with Crippen LogP contribution >= 0.6 is 0 Å². The van der Waals surface area contributed by atoms with E-state index in [-0.39, 0.29) is 41.6 Å². The molecule has 560 valence electrons. The number of fused-ring (bicyclic) bond motifs is 6. The molecule has 0 atom stereocenters. The van der Waals surface area contributed by atoms with Gasteiger partial charge in [0.2, 0.25) is 11.8 Å². The van der Waals surface area contributed by atoms with E-state index in [0.717, 1.165) is 169 Å². The van der Waals surface area contributed by atoms with E-state index in [1.165, 1.54) is 58.9 Å². The van der Waals surface area contributed by atoms with Crippen LogP contribution in [0.5, 0.6) is 5.88 Å². The number of anilines is 1. The van der Waals surface area contributed by atoms with Crippen LogP contribution in [0.15, 0.2) is 179 Å². The van der Waals surface area contributed by atoms with Crippen LogP contribution in [0.2, 0.25) is 0 Å². The third-order valence-corrected chi connectivity index (χ3v) is 22.1. The van der Waals surface area contributed by atoms with Gasteiger partial charge < -0.3 is 37.4 Å². The number of benzene rings is 6. The van der Waals surface area contributed by atoms with Gasteiger partial charge >= 0.3 is 6.18 Å². The summed E-state index contributed by atoms with van der Waals surface area (Å²) in [6.07, 6.45) is 12.8. The van der Waals surface area contributed by atoms with Crippen molar-refractivity contribution in [3.05, 3.63) is 238 Å². The van der Waals surface area contributed by atoms with E-state index in [1.54, 1.807) is 36.4 Å². The lowest BCUT2D eigenvalue weighted by atomic mass is 9.90. The van der Waals surface area contributed by atoms with E-state index >= 15 is 0 Å². The molecule has 7 aliphatic rings. The van der Waals surface area contributed by atoms with Gasteiger partial charge in [0.05, 0.1) is 42.8 Å². The standard InChI is InChI=1S/C30H27FN4O2.C29H25F4N3O.C29H28FN3O3/c31-23-4-6-24(7-5-23)35-26-15-22-17-32-16-21(22)14-25(26)29(30(35)19-9-12-37-13-10-19)20-3-8-27(33-18-20)34-11-1-2-28(34)36;30-22-2-5-24(6-3-22)36-26-14-21-16-34-15-20(21)13-25(26)27(28(36)18-8-11-37-12-9-18)19-1-4-23(35-17-19)7-10-29(31,32)33;1-34-12-13-36-27-7-2-20(18-32-27)28-25-14-21-16-31-17-22(21)15-26(25)33(24-5-3-23(30)4-6-24)29(28)19-8-10-35-11-9-19/h3-8,14-15,17-19H,1-2,9-13,16H2;1-6,13-14,16-18H,7-12,15H2;2-7,14-15,17-19H,8-13,16H2,1H3. The summed E-state index contributed by atoms with van der Waals surface area (Å²) in [5.41, 5.74) is 22.9. The Hall–Kier alpha value is -10.9. The Morgan fingerprint density at radius 2 is 0.873 bits per heavy atom. The first kappa shape index (κ1) is 72.0. The minimum atomic E-state index is -4.22. The summed E-state index contributed by atoms with van der Waals surface area (Å²) in [4.78, 5) is 41.2. The van der Waals surface area contributed by atoms with E-state index < -0.39 is 12.6 Å². The van der Waals surface area contributed by atoms with Crippen molar-refractivity contribution in [2.24, 2.45) is 15.0 Å². The molecule has 13 heterocycles. The van der Waals surface area contributed by atoms with E-state index in [4.69, 9.17) is 28.7 Å². The molecule has 4 fully saturated rings. The van der Waals surface area contributed by atoms with Gasteiger partial charge in [-0.05, 0) is 218 Å². The summed E-state index contributed by atoms with van der Waals surface area (Å²) in [6, 6.07) is 44.8. The Kier molecular flexibility index (Phi) is 20.4. The fourth-order valence-corrected chi connectivity index (χ4v) is 16.7. The maximum Gasteiger partial charge on any atom is 0.389 e. The van der Waals surface area contributed by atoms with Crippen molar-refractivity contribution >= 4 is 63.1 Å². The van der Waals surface area contributed by atoms with Gasteiger partial charge in [0.1, 0.15) is 29.9 Å². The summed E-state index contributed by atoms with van der Waals surface area (Å²) >= 11 is 0. The molecule has 6 aromatic heterocycles. The number of aliphatic imine (C=N–C) groups is 3. The second kappa shape index (κ2) is 31.2. The van der Waals surface area contributed by atoms with Crippen molar-refractivity contribution in [3.63, 3.8) is 0 Å². The molecule has 16 nitrogen and oxygen atoms in total. The highest BCUT2D eigenvalue weighted by molar-refractivity contribution is 6.06. The van der Waals surface area contributed by atoms with Gasteiger partial charge in [-0.25, -0.2) is 23.1 Å². The van der Waals surface area contributed by atoms with Crippen LogP contribution in [0.25, 0.3) is 83.2 Å². The minimum absolute atomic E-state index is 0.131. The normalized spacial score (nSPS) is 16.4. The Bertz CT molecular complexity index is 5480. The number of alkyl halides is 3. The van der Waals surface area contributed by atoms with Crippen molar-refractivity contribution in [3.8, 4) is 56.3 Å². The number of nitrogens with zero attached hydrogens (tertiary/aromatic N) is 10. The number of aromatic nitrogens is 6.